The highest BCUT2D eigenvalue weighted by molar-refractivity contribution is 5.91. The van der Waals surface area contributed by atoms with Crippen LogP contribution in [-0.4, -0.2) is 46.4 Å². The van der Waals surface area contributed by atoms with Crippen molar-refractivity contribution in [2.75, 3.05) is 45.8 Å². The predicted octanol–water partition coefficient (Wildman–Crippen LogP) is 1.63. The summed E-state index contributed by atoms with van der Waals surface area (Å²) in [7, 11) is 3.25. The van der Waals surface area contributed by atoms with Crippen LogP contribution in [-0.2, 0) is 4.79 Å². The van der Waals surface area contributed by atoms with Crippen LogP contribution in [0.2, 0.25) is 0 Å². The van der Waals surface area contributed by atoms with Crippen LogP contribution in [0.25, 0.3) is 0 Å². The SMILES string of the molecule is CC[NH+](CCOc1ccc(OC)cc1)CC(=O)Nc1ccc(OC)cc1. The molecule has 2 N–H and O–H groups in total. The van der Waals surface area contributed by atoms with E-state index in [0.29, 0.717) is 13.2 Å². The lowest BCUT2D eigenvalue weighted by Gasteiger charge is -2.17. The summed E-state index contributed by atoms with van der Waals surface area (Å²) in [5, 5.41) is 2.91. The fourth-order valence-electron chi connectivity index (χ4n) is 2.48. The number of rotatable bonds is 10. The Kier molecular flexibility index (Phi) is 7.76. The van der Waals surface area contributed by atoms with Gasteiger partial charge in [-0.25, -0.2) is 0 Å². The lowest BCUT2D eigenvalue weighted by Crippen LogP contribution is -3.13. The summed E-state index contributed by atoms with van der Waals surface area (Å²) in [6, 6.07) is 14.8. The van der Waals surface area contributed by atoms with Gasteiger partial charge < -0.3 is 24.4 Å². The molecule has 0 aliphatic rings. The minimum atomic E-state index is -0.0172. The lowest BCUT2D eigenvalue weighted by molar-refractivity contribution is -0.889. The Morgan fingerprint density at radius 1 is 0.923 bits per heavy atom. The summed E-state index contributed by atoms with van der Waals surface area (Å²) in [5.41, 5.74) is 0.765. The molecule has 1 amide bonds. The summed E-state index contributed by atoms with van der Waals surface area (Å²) in [6.07, 6.45) is 0. The van der Waals surface area contributed by atoms with Gasteiger partial charge in [0.05, 0.1) is 20.8 Å². The average molecular weight is 359 g/mol. The maximum Gasteiger partial charge on any atom is 0.279 e. The Balaban J connectivity index is 1.75. The van der Waals surface area contributed by atoms with E-state index >= 15 is 0 Å². The van der Waals surface area contributed by atoms with Crippen molar-refractivity contribution >= 4 is 11.6 Å². The summed E-state index contributed by atoms with van der Waals surface area (Å²) in [5.74, 6) is 2.34. The Hall–Kier alpha value is -2.73. The number of hydrogen-bond donors (Lipinski definition) is 2. The molecule has 0 fully saturated rings. The summed E-state index contributed by atoms with van der Waals surface area (Å²) in [6.45, 7) is 4.60. The topological polar surface area (TPSA) is 61.2 Å². The van der Waals surface area contributed by atoms with Gasteiger partial charge in [0.2, 0.25) is 0 Å². The normalized spacial score (nSPS) is 11.5. The molecule has 1 unspecified atom stereocenters. The highest BCUT2D eigenvalue weighted by Crippen LogP contribution is 2.16. The second kappa shape index (κ2) is 10.3. The quantitative estimate of drug-likeness (QED) is 0.677. The minimum Gasteiger partial charge on any atom is -0.497 e. The Bertz CT molecular complexity index is 671. The van der Waals surface area contributed by atoms with Crippen LogP contribution in [0, 0.1) is 0 Å². The van der Waals surface area contributed by atoms with Gasteiger partial charge in [0, 0.05) is 5.69 Å². The molecule has 0 heterocycles. The third-order valence-electron chi connectivity index (χ3n) is 4.07. The molecule has 2 aromatic rings. The fraction of sp³-hybridized carbons (Fsp3) is 0.350. The minimum absolute atomic E-state index is 0.0172. The number of carbonyl (C=O) groups is 1. The van der Waals surface area contributed by atoms with E-state index in [1.54, 1.807) is 14.2 Å². The molecule has 0 aliphatic carbocycles. The zero-order chi connectivity index (χ0) is 18.8. The molecule has 26 heavy (non-hydrogen) atoms. The largest absolute Gasteiger partial charge is 0.497 e. The first kappa shape index (κ1) is 19.6. The first-order chi connectivity index (χ1) is 12.6. The van der Waals surface area contributed by atoms with Crippen molar-refractivity contribution < 1.29 is 23.9 Å². The zero-order valence-corrected chi connectivity index (χ0v) is 15.6. The molecule has 0 aromatic heterocycles. The summed E-state index contributed by atoms with van der Waals surface area (Å²) >= 11 is 0. The van der Waals surface area contributed by atoms with Crippen molar-refractivity contribution in [2.24, 2.45) is 0 Å². The van der Waals surface area contributed by atoms with E-state index in [4.69, 9.17) is 14.2 Å². The molecule has 2 rings (SSSR count). The number of ether oxygens (including phenoxy) is 3. The zero-order valence-electron chi connectivity index (χ0n) is 15.6. The van der Waals surface area contributed by atoms with E-state index in [1.165, 1.54) is 0 Å². The van der Waals surface area contributed by atoms with Crippen molar-refractivity contribution in [1.29, 1.82) is 0 Å². The van der Waals surface area contributed by atoms with Crippen LogP contribution in [0.15, 0.2) is 48.5 Å². The Morgan fingerprint density at radius 3 is 2.00 bits per heavy atom. The monoisotopic (exact) mass is 359 g/mol. The molecule has 0 spiro atoms. The van der Waals surface area contributed by atoms with Crippen molar-refractivity contribution in [3.63, 3.8) is 0 Å². The number of benzene rings is 2. The highest BCUT2D eigenvalue weighted by Gasteiger charge is 2.13. The maximum atomic E-state index is 12.2. The molecule has 0 radical (unpaired) electrons. The first-order valence-corrected chi connectivity index (χ1v) is 8.69. The fourth-order valence-corrected chi connectivity index (χ4v) is 2.48. The van der Waals surface area contributed by atoms with Gasteiger partial charge in [-0.05, 0) is 55.5 Å². The molecule has 2 aromatic carbocycles. The van der Waals surface area contributed by atoms with Crippen molar-refractivity contribution in [3.8, 4) is 17.2 Å². The molecule has 0 saturated carbocycles. The van der Waals surface area contributed by atoms with E-state index in [1.807, 2.05) is 48.5 Å². The van der Waals surface area contributed by atoms with Crippen LogP contribution in [0.5, 0.6) is 17.2 Å². The number of hydrogen-bond acceptors (Lipinski definition) is 4. The third-order valence-corrected chi connectivity index (χ3v) is 4.07. The molecule has 0 aliphatic heterocycles. The van der Waals surface area contributed by atoms with Crippen molar-refractivity contribution in [2.45, 2.75) is 6.92 Å². The molecular formula is C20H27N2O4+. The number of carbonyl (C=O) groups excluding carboxylic acids is 1. The number of quaternary nitrogens is 1. The average Bonchev–Trinajstić information content (AvgIpc) is 2.68. The molecule has 6 nitrogen and oxygen atoms in total. The van der Waals surface area contributed by atoms with Gasteiger partial charge in [0.1, 0.15) is 30.4 Å². The van der Waals surface area contributed by atoms with Gasteiger partial charge in [0.25, 0.3) is 5.91 Å². The van der Waals surface area contributed by atoms with Gasteiger partial charge in [-0.3, -0.25) is 4.79 Å². The van der Waals surface area contributed by atoms with Gasteiger partial charge in [-0.2, -0.15) is 0 Å². The van der Waals surface area contributed by atoms with Gasteiger partial charge in [-0.15, -0.1) is 0 Å². The van der Waals surface area contributed by atoms with E-state index in [9.17, 15) is 4.79 Å². The Labute approximate surface area is 154 Å². The van der Waals surface area contributed by atoms with E-state index < -0.39 is 0 Å². The number of anilines is 1. The van der Waals surface area contributed by atoms with Gasteiger partial charge in [0.15, 0.2) is 6.54 Å². The van der Waals surface area contributed by atoms with Crippen LogP contribution < -0.4 is 24.4 Å². The van der Waals surface area contributed by atoms with Crippen LogP contribution in [0.4, 0.5) is 5.69 Å². The Morgan fingerprint density at radius 2 is 1.46 bits per heavy atom. The van der Waals surface area contributed by atoms with Gasteiger partial charge >= 0.3 is 0 Å². The number of nitrogens with one attached hydrogen (secondary N) is 2. The molecule has 140 valence electrons. The smallest absolute Gasteiger partial charge is 0.279 e. The van der Waals surface area contributed by atoms with Gasteiger partial charge in [-0.1, -0.05) is 0 Å². The second-order valence-electron chi connectivity index (χ2n) is 5.83. The highest BCUT2D eigenvalue weighted by atomic mass is 16.5. The second-order valence-corrected chi connectivity index (χ2v) is 5.83. The van der Waals surface area contributed by atoms with Crippen LogP contribution >= 0.6 is 0 Å². The number of likely N-dealkylation sites (N-methyl/N-ethyl adjacent to an activating group) is 1. The lowest BCUT2D eigenvalue weighted by atomic mass is 10.3. The van der Waals surface area contributed by atoms with E-state index in [2.05, 4.69) is 12.2 Å². The third kappa shape index (κ3) is 6.29. The van der Waals surface area contributed by atoms with Crippen molar-refractivity contribution in [3.05, 3.63) is 48.5 Å². The molecular weight excluding hydrogens is 332 g/mol. The summed E-state index contributed by atoms with van der Waals surface area (Å²) < 4.78 is 16.0. The molecule has 1 atom stereocenters. The number of amides is 1. The van der Waals surface area contributed by atoms with E-state index in [-0.39, 0.29) is 5.91 Å². The molecule has 0 bridgehead atoms. The van der Waals surface area contributed by atoms with Crippen LogP contribution in [0.3, 0.4) is 0 Å². The number of methoxy groups -OCH3 is 2. The van der Waals surface area contributed by atoms with Crippen LogP contribution in [0.1, 0.15) is 6.92 Å². The summed E-state index contributed by atoms with van der Waals surface area (Å²) in [4.78, 5) is 13.4. The standard InChI is InChI=1S/C20H26N2O4/c1-4-22(13-14-26-19-11-9-18(25-3)10-12-19)15-20(23)21-16-5-7-17(24-2)8-6-16/h5-12H,4,13-15H2,1-3H3,(H,21,23)/p+1. The first-order valence-electron chi connectivity index (χ1n) is 8.69. The molecule has 6 heteroatoms. The molecule has 0 saturated heterocycles. The van der Waals surface area contributed by atoms with E-state index in [0.717, 1.165) is 40.9 Å². The predicted molar refractivity (Wildman–Crippen MR) is 101 cm³/mol. The van der Waals surface area contributed by atoms with Crippen molar-refractivity contribution in [1.82, 2.24) is 0 Å². The maximum absolute atomic E-state index is 12.2.